The van der Waals surface area contributed by atoms with Gasteiger partial charge in [0.15, 0.2) is 5.43 Å². The van der Waals surface area contributed by atoms with E-state index in [4.69, 9.17) is 5.73 Å². The number of halogens is 1. The zero-order valence-electron chi connectivity index (χ0n) is 11.5. The SMILES string of the molecule is CC(C)[C@H](N)C(O)c1c(C(O)c2ccccc2)c1=O.Cl. The third-order valence-electron chi connectivity index (χ3n) is 3.54. The molecule has 20 heavy (non-hydrogen) atoms. The normalized spacial score (nSPS) is 15.9. The van der Waals surface area contributed by atoms with Crippen molar-refractivity contribution >= 4 is 12.4 Å². The third kappa shape index (κ3) is 3.10. The van der Waals surface area contributed by atoms with Crippen LogP contribution in [0.25, 0.3) is 0 Å². The Kier molecular flexibility index (Phi) is 5.48. The summed E-state index contributed by atoms with van der Waals surface area (Å²) in [6.45, 7) is 3.77. The van der Waals surface area contributed by atoms with Gasteiger partial charge < -0.3 is 15.9 Å². The van der Waals surface area contributed by atoms with E-state index in [1.807, 2.05) is 19.9 Å². The van der Waals surface area contributed by atoms with Gasteiger partial charge in [0.05, 0.1) is 6.10 Å². The summed E-state index contributed by atoms with van der Waals surface area (Å²) < 4.78 is 0. The van der Waals surface area contributed by atoms with E-state index in [-0.39, 0.29) is 34.9 Å². The lowest BCUT2D eigenvalue weighted by Gasteiger charge is -2.19. The Morgan fingerprint density at radius 3 is 2.10 bits per heavy atom. The van der Waals surface area contributed by atoms with Crippen LogP contribution in [0.15, 0.2) is 35.1 Å². The van der Waals surface area contributed by atoms with Crippen LogP contribution in [0.1, 0.15) is 42.7 Å². The second-order valence-corrected chi connectivity index (χ2v) is 5.24. The fourth-order valence-corrected chi connectivity index (χ4v) is 2.12. The predicted octanol–water partition coefficient (Wildman–Crippen LogP) is 1.44. The number of aliphatic hydroxyl groups excluding tert-OH is 2. The molecular weight excluding hydrogens is 278 g/mol. The third-order valence-corrected chi connectivity index (χ3v) is 3.54. The van der Waals surface area contributed by atoms with Gasteiger partial charge >= 0.3 is 0 Å². The molecule has 0 aliphatic carbocycles. The van der Waals surface area contributed by atoms with Crippen molar-refractivity contribution in [3.8, 4) is 0 Å². The molecule has 2 aromatic carbocycles. The largest absolute Gasteiger partial charge is 0.387 e. The highest BCUT2D eigenvalue weighted by atomic mass is 35.5. The number of nitrogens with two attached hydrogens (primary N) is 1. The summed E-state index contributed by atoms with van der Waals surface area (Å²) in [5.41, 5.74) is 6.79. The van der Waals surface area contributed by atoms with Gasteiger partial charge in [-0.2, -0.15) is 0 Å². The monoisotopic (exact) mass is 297 g/mol. The molecule has 0 saturated heterocycles. The molecule has 5 heteroatoms. The van der Waals surface area contributed by atoms with Crippen LogP contribution in [-0.4, -0.2) is 16.3 Å². The topological polar surface area (TPSA) is 83.6 Å². The van der Waals surface area contributed by atoms with Gasteiger partial charge in [-0.25, -0.2) is 0 Å². The lowest BCUT2D eigenvalue weighted by Crippen LogP contribution is -2.33. The summed E-state index contributed by atoms with van der Waals surface area (Å²) in [6, 6.07) is 8.42. The van der Waals surface area contributed by atoms with Gasteiger partial charge in [-0.15, -0.1) is 12.4 Å². The second-order valence-electron chi connectivity index (χ2n) is 5.24. The van der Waals surface area contributed by atoms with Crippen LogP contribution in [0, 0.1) is 5.92 Å². The summed E-state index contributed by atoms with van der Waals surface area (Å²) >= 11 is 0. The van der Waals surface area contributed by atoms with Crippen LogP contribution in [0.5, 0.6) is 0 Å². The molecular formula is C15H20ClNO3. The molecule has 0 radical (unpaired) electrons. The molecule has 0 bridgehead atoms. The molecule has 2 rings (SSSR count). The maximum absolute atomic E-state index is 11.8. The van der Waals surface area contributed by atoms with E-state index in [0.29, 0.717) is 5.56 Å². The minimum Gasteiger partial charge on any atom is -0.387 e. The number of hydrogen-bond acceptors (Lipinski definition) is 4. The highest BCUT2D eigenvalue weighted by molar-refractivity contribution is 5.85. The average molecular weight is 298 g/mol. The molecule has 3 atom stereocenters. The number of aliphatic hydroxyl groups is 2. The first-order chi connectivity index (χ1) is 8.95. The predicted molar refractivity (Wildman–Crippen MR) is 80.6 cm³/mol. The summed E-state index contributed by atoms with van der Waals surface area (Å²) in [5, 5.41) is 20.2. The number of rotatable bonds is 5. The first kappa shape index (κ1) is 16.9. The Hall–Kier alpha value is -1.20. The fourth-order valence-electron chi connectivity index (χ4n) is 2.12. The molecule has 4 nitrogen and oxygen atoms in total. The van der Waals surface area contributed by atoms with Gasteiger partial charge in [-0.3, -0.25) is 4.79 Å². The van der Waals surface area contributed by atoms with Crippen LogP contribution < -0.4 is 11.2 Å². The lowest BCUT2D eigenvalue weighted by molar-refractivity contribution is 0.126. The van der Waals surface area contributed by atoms with Gasteiger partial charge in [-0.05, 0) is 11.5 Å². The Morgan fingerprint density at radius 1 is 1.05 bits per heavy atom. The molecule has 0 aliphatic rings. The lowest BCUT2D eigenvalue weighted by atomic mass is 9.97. The Morgan fingerprint density at radius 2 is 1.60 bits per heavy atom. The summed E-state index contributed by atoms with van der Waals surface area (Å²) in [4.78, 5) is 11.8. The molecule has 0 amide bonds. The van der Waals surface area contributed by atoms with Crippen LogP contribution >= 0.6 is 12.4 Å². The average Bonchev–Trinajstić information content (AvgIpc) is 3.08. The van der Waals surface area contributed by atoms with E-state index >= 15 is 0 Å². The molecule has 4 N–H and O–H groups in total. The molecule has 0 aromatic heterocycles. The smallest absolute Gasteiger partial charge is 0.191 e. The standard InChI is InChI=1S/C15H19NO3.ClH/c1-8(2)12(16)15(19)11-10(14(11)18)13(17)9-6-4-3-5-7-9;/h3-8,12-13,15,17,19H,16H2,1-2H3;1H/t12-,13?,15?;/m0./s1. The first-order valence-electron chi connectivity index (χ1n) is 6.40. The Balaban J connectivity index is 0.00000200. The van der Waals surface area contributed by atoms with E-state index in [9.17, 15) is 15.0 Å². The summed E-state index contributed by atoms with van der Waals surface area (Å²) in [6.07, 6.45) is -1.97. The Bertz CT molecular complexity index is 561. The molecule has 0 heterocycles. The molecule has 0 saturated carbocycles. The van der Waals surface area contributed by atoms with E-state index in [0.717, 1.165) is 0 Å². The van der Waals surface area contributed by atoms with Crippen molar-refractivity contribution in [2.45, 2.75) is 32.1 Å². The van der Waals surface area contributed by atoms with E-state index < -0.39 is 18.2 Å². The molecule has 0 spiro atoms. The Labute approximate surface area is 124 Å². The van der Waals surface area contributed by atoms with Crippen LogP contribution in [0.2, 0.25) is 0 Å². The van der Waals surface area contributed by atoms with Gasteiger partial charge in [0.2, 0.25) is 0 Å². The van der Waals surface area contributed by atoms with Crippen molar-refractivity contribution in [3.05, 3.63) is 57.2 Å². The molecule has 2 unspecified atom stereocenters. The van der Waals surface area contributed by atoms with Crippen molar-refractivity contribution in [2.75, 3.05) is 0 Å². The second kappa shape index (κ2) is 6.50. The number of benzene rings is 1. The van der Waals surface area contributed by atoms with Crippen molar-refractivity contribution in [1.29, 1.82) is 0 Å². The molecule has 0 fully saturated rings. The summed E-state index contributed by atoms with van der Waals surface area (Å²) in [7, 11) is 0. The quantitative estimate of drug-likeness (QED) is 0.780. The highest BCUT2D eigenvalue weighted by Crippen LogP contribution is 2.32. The molecule has 0 aliphatic heterocycles. The molecule has 2 aromatic rings. The van der Waals surface area contributed by atoms with Gasteiger partial charge in [0.25, 0.3) is 0 Å². The minimum absolute atomic E-state index is 0. The first-order valence-corrected chi connectivity index (χ1v) is 6.40. The van der Waals surface area contributed by atoms with Gasteiger partial charge in [0, 0.05) is 17.2 Å². The van der Waals surface area contributed by atoms with Crippen molar-refractivity contribution in [2.24, 2.45) is 11.7 Å². The van der Waals surface area contributed by atoms with Crippen LogP contribution in [0.4, 0.5) is 0 Å². The zero-order valence-corrected chi connectivity index (χ0v) is 12.3. The highest BCUT2D eigenvalue weighted by Gasteiger charge is 2.37. The maximum Gasteiger partial charge on any atom is 0.191 e. The summed E-state index contributed by atoms with van der Waals surface area (Å²) in [5.74, 6) is 0.0611. The van der Waals surface area contributed by atoms with E-state index in [2.05, 4.69) is 0 Å². The number of hydrogen-bond donors (Lipinski definition) is 3. The van der Waals surface area contributed by atoms with Crippen LogP contribution in [-0.2, 0) is 0 Å². The fraction of sp³-hybridized carbons (Fsp3) is 0.400. The van der Waals surface area contributed by atoms with E-state index in [1.54, 1.807) is 24.3 Å². The van der Waals surface area contributed by atoms with Crippen molar-refractivity contribution < 1.29 is 10.2 Å². The van der Waals surface area contributed by atoms with Crippen molar-refractivity contribution in [3.63, 3.8) is 0 Å². The maximum atomic E-state index is 11.8. The van der Waals surface area contributed by atoms with Gasteiger partial charge in [-0.1, -0.05) is 44.2 Å². The minimum atomic E-state index is -0.999. The van der Waals surface area contributed by atoms with Crippen molar-refractivity contribution in [1.82, 2.24) is 0 Å². The van der Waals surface area contributed by atoms with Crippen LogP contribution in [0.3, 0.4) is 0 Å². The zero-order chi connectivity index (χ0) is 14.2. The van der Waals surface area contributed by atoms with E-state index in [1.165, 1.54) is 0 Å². The molecule has 110 valence electrons. The van der Waals surface area contributed by atoms with Gasteiger partial charge in [0.1, 0.15) is 6.10 Å².